The number of carbonyl (C=O) groups is 1. The third-order valence-corrected chi connectivity index (χ3v) is 3.73. The molecule has 0 N–H and O–H groups in total. The minimum absolute atomic E-state index is 0.811. The Labute approximate surface area is 119 Å². The number of benzene rings is 2. The van der Waals surface area contributed by atoms with Gasteiger partial charge in [0.05, 0.1) is 0 Å². The summed E-state index contributed by atoms with van der Waals surface area (Å²) in [5, 5.41) is 0. The van der Waals surface area contributed by atoms with E-state index in [1.54, 1.807) is 0 Å². The first-order chi connectivity index (χ1) is 9.90. The zero-order valence-corrected chi connectivity index (χ0v) is 11.3. The number of carbonyl (C=O) groups excluding carboxylic acids is 1. The number of fused-ring (bicyclic) bond motifs is 2. The van der Waals surface area contributed by atoms with Crippen molar-refractivity contribution >= 4 is 11.9 Å². The Bertz CT molecular complexity index is 643. The molecule has 2 aromatic carbocycles. The Kier molecular flexibility index (Phi) is 3.60. The fraction of sp³-hybridized carbons (Fsp3) is 0.105. The number of aldehydes is 1. The van der Waals surface area contributed by atoms with Gasteiger partial charge in [-0.3, -0.25) is 4.79 Å². The van der Waals surface area contributed by atoms with E-state index >= 15 is 0 Å². The maximum Gasteiger partial charge on any atom is 0.142 e. The van der Waals surface area contributed by atoms with Crippen LogP contribution in [0.3, 0.4) is 0 Å². The summed E-state index contributed by atoms with van der Waals surface area (Å²) in [7, 11) is 0. The van der Waals surface area contributed by atoms with Crippen LogP contribution in [-0.4, -0.2) is 6.29 Å². The summed E-state index contributed by atoms with van der Waals surface area (Å²) in [6.45, 7) is 0. The van der Waals surface area contributed by atoms with Gasteiger partial charge in [0.2, 0.25) is 0 Å². The summed E-state index contributed by atoms with van der Waals surface area (Å²) in [6.07, 6.45) is 8.32. The van der Waals surface area contributed by atoms with Crippen molar-refractivity contribution in [3.63, 3.8) is 0 Å². The van der Waals surface area contributed by atoms with E-state index in [0.29, 0.717) is 0 Å². The van der Waals surface area contributed by atoms with Gasteiger partial charge in [-0.25, -0.2) is 0 Å². The summed E-state index contributed by atoms with van der Waals surface area (Å²) in [4.78, 5) is 10.5. The van der Waals surface area contributed by atoms with Crippen molar-refractivity contribution in [1.82, 2.24) is 0 Å². The molecule has 0 heterocycles. The molecule has 0 aliphatic heterocycles. The lowest BCUT2D eigenvalue weighted by molar-refractivity contribution is -0.104. The number of hydrogen-bond acceptors (Lipinski definition) is 1. The first kappa shape index (κ1) is 12.6. The van der Waals surface area contributed by atoms with Gasteiger partial charge >= 0.3 is 0 Å². The Hall–Kier alpha value is -2.41. The summed E-state index contributed by atoms with van der Waals surface area (Å²) in [5.41, 5.74) is 6.48. The van der Waals surface area contributed by atoms with E-state index < -0.39 is 0 Å². The maximum atomic E-state index is 10.5. The molecular weight excluding hydrogens is 244 g/mol. The van der Waals surface area contributed by atoms with E-state index in [1.165, 1.54) is 33.9 Å². The molecule has 3 rings (SSSR count). The fourth-order valence-corrected chi connectivity index (χ4v) is 2.79. The molecule has 0 saturated carbocycles. The third-order valence-electron chi connectivity index (χ3n) is 3.73. The van der Waals surface area contributed by atoms with Crippen molar-refractivity contribution in [3.8, 4) is 0 Å². The van der Waals surface area contributed by atoms with E-state index in [9.17, 15) is 4.79 Å². The van der Waals surface area contributed by atoms with Gasteiger partial charge in [0.15, 0.2) is 0 Å². The second kappa shape index (κ2) is 5.70. The summed E-state index contributed by atoms with van der Waals surface area (Å²) >= 11 is 0. The van der Waals surface area contributed by atoms with Crippen molar-refractivity contribution in [2.75, 3.05) is 0 Å². The minimum Gasteiger partial charge on any atom is -0.299 e. The third kappa shape index (κ3) is 2.35. The number of hydrogen-bond donors (Lipinski definition) is 0. The van der Waals surface area contributed by atoms with Crippen LogP contribution in [-0.2, 0) is 17.6 Å². The highest BCUT2D eigenvalue weighted by molar-refractivity contribution is 5.85. The first-order valence-electron chi connectivity index (χ1n) is 6.89. The SMILES string of the molecule is O=C/C=C/C=C1c2ccccc2CCc2ccccc21. The molecule has 0 radical (unpaired) electrons. The summed E-state index contributed by atoms with van der Waals surface area (Å²) in [5.74, 6) is 0. The van der Waals surface area contributed by atoms with Crippen LogP contribution in [0, 0.1) is 0 Å². The molecule has 1 heteroatoms. The van der Waals surface area contributed by atoms with Gasteiger partial charge in [-0.05, 0) is 46.7 Å². The average molecular weight is 260 g/mol. The van der Waals surface area contributed by atoms with Crippen LogP contribution in [0.5, 0.6) is 0 Å². The van der Waals surface area contributed by atoms with E-state index in [-0.39, 0.29) is 0 Å². The van der Waals surface area contributed by atoms with Crippen LogP contribution >= 0.6 is 0 Å². The van der Waals surface area contributed by atoms with Gasteiger partial charge in [0.25, 0.3) is 0 Å². The molecule has 0 aromatic heterocycles. The maximum absolute atomic E-state index is 10.5. The first-order valence-corrected chi connectivity index (χ1v) is 6.89. The Balaban J connectivity index is 2.21. The van der Waals surface area contributed by atoms with Crippen molar-refractivity contribution in [2.24, 2.45) is 0 Å². The second-order valence-corrected chi connectivity index (χ2v) is 4.92. The molecule has 0 atom stereocenters. The molecule has 1 aliphatic rings. The van der Waals surface area contributed by atoms with Crippen molar-refractivity contribution in [2.45, 2.75) is 12.8 Å². The lowest BCUT2D eigenvalue weighted by Crippen LogP contribution is -1.91. The smallest absolute Gasteiger partial charge is 0.142 e. The lowest BCUT2D eigenvalue weighted by atomic mass is 9.94. The van der Waals surface area contributed by atoms with E-state index in [4.69, 9.17) is 0 Å². The molecule has 0 saturated heterocycles. The van der Waals surface area contributed by atoms with Crippen LogP contribution < -0.4 is 0 Å². The summed E-state index contributed by atoms with van der Waals surface area (Å²) in [6, 6.07) is 17.0. The lowest BCUT2D eigenvalue weighted by Gasteiger charge is -2.10. The molecular formula is C19H16O. The zero-order valence-electron chi connectivity index (χ0n) is 11.3. The van der Waals surface area contributed by atoms with Gasteiger partial charge in [0, 0.05) is 0 Å². The van der Waals surface area contributed by atoms with Gasteiger partial charge < -0.3 is 0 Å². The average Bonchev–Trinajstić information content (AvgIpc) is 2.66. The second-order valence-electron chi connectivity index (χ2n) is 4.92. The standard InChI is InChI=1S/C19H16O/c20-14-6-5-11-19-17-9-3-1-7-15(17)12-13-16-8-2-4-10-18(16)19/h1-11,14H,12-13H2/b6-5+. The zero-order chi connectivity index (χ0) is 13.8. The van der Waals surface area contributed by atoms with Gasteiger partial charge in [-0.2, -0.15) is 0 Å². The molecule has 0 fully saturated rings. The molecule has 98 valence electrons. The molecule has 1 aliphatic carbocycles. The molecule has 0 bridgehead atoms. The van der Waals surface area contributed by atoms with Gasteiger partial charge in [0.1, 0.15) is 6.29 Å². The highest BCUT2D eigenvalue weighted by atomic mass is 16.1. The quantitative estimate of drug-likeness (QED) is 0.590. The number of aryl methyl sites for hydroxylation is 2. The normalized spacial score (nSPS) is 13.5. The molecule has 0 unspecified atom stereocenters. The fourth-order valence-electron chi connectivity index (χ4n) is 2.79. The van der Waals surface area contributed by atoms with Crippen LogP contribution in [0.2, 0.25) is 0 Å². The van der Waals surface area contributed by atoms with Crippen LogP contribution in [0.4, 0.5) is 0 Å². The minimum atomic E-state index is 0.811. The predicted octanol–water partition coefficient (Wildman–Crippen LogP) is 3.97. The van der Waals surface area contributed by atoms with Crippen molar-refractivity contribution in [1.29, 1.82) is 0 Å². The molecule has 2 aromatic rings. The number of allylic oxidation sites excluding steroid dienone is 3. The van der Waals surface area contributed by atoms with Gasteiger partial charge in [-0.15, -0.1) is 0 Å². The van der Waals surface area contributed by atoms with E-state index in [2.05, 4.69) is 48.5 Å². The largest absolute Gasteiger partial charge is 0.299 e. The monoisotopic (exact) mass is 260 g/mol. The van der Waals surface area contributed by atoms with Gasteiger partial charge in [-0.1, -0.05) is 60.7 Å². The highest BCUT2D eigenvalue weighted by Crippen LogP contribution is 2.33. The van der Waals surface area contributed by atoms with Crippen LogP contribution in [0.1, 0.15) is 22.3 Å². The van der Waals surface area contributed by atoms with Crippen molar-refractivity contribution < 1.29 is 4.79 Å². The molecule has 20 heavy (non-hydrogen) atoms. The van der Waals surface area contributed by atoms with Crippen LogP contribution in [0.15, 0.2) is 66.8 Å². The van der Waals surface area contributed by atoms with Crippen LogP contribution in [0.25, 0.3) is 5.57 Å². The Morgan fingerprint density at radius 2 is 1.30 bits per heavy atom. The number of rotatable bonds is 2. The van der Waals surface area contributed by atoms with E-state index in [1.807, 2.05) is 12.2 Å². The topological polar surface area (TPSA) is 17.1 Å². The van der Waals surface area contributed by atoms with Crippen molar-refractivity contribution in [3.05, 3.63) is 89.0 Å². The predicted molar refractivity (Wildman–Crippen MR) is 82.6 cm³/mol. The summed E-state index contributed by atoms with van der Waals surface area (Å²) < 4.78 is 0. The highest BCUT2D eigenvalue weighted by Gasteiger charge is 2.16. The molecule has 0 spiro atoms. The molecule has 0 amide bonds. The Morgan fingerprint density at radius 1 is 0.750 bits per heavy atom. The Morgan fingerprint density at radius 3 is 1.85 bits per heavy atom. The molecule has 1 nitrogen and oxygen atoms in total. The van der Waals surface area contributed by atoms with E-state index in [0.717, 1.165) is 19.1 Å².